The van der Waals surface area contributed by atoms with Gasteiger partial charge in [0.15, 0.2) is 12.1 Å². The van der Waals surface area contributed by atoms with Gasteiger partial charge in [0.05, 0.1) is 34.4 Å². The fraction of sp³-hybridized carbons (Fsp3) is 0.755. The van der Waals surface area contributed by atoms with Crippen molar-refractivity contribution in [1.29, 1.82) is 0 Å². The van der Waals surface area contributed by atoms with Crippen molar-refractivity contribution < 1.29 is 38.2 Å². The predicted octanol–water partition coefficient (Wildman–Crippen LogP) is 14.1. The highest BCUT2D eigenvalue weighted by atomic mass is 16.6. The Hall–Kier alpha value is -2.97. The van der Waals surface area contributed by atoms with Crippen LogP contribution in [-0.4, -0.2) is 80.6 Å². The molecule has 0 aliphatic carbocycles. The molecule has 0 radical (unpaired) electrons. The molecule has 2 atom stereocenters. The number of esters is 2. The molecule has 0 aliphatic rings. The number of hydrogen-bond acceptors (Lipinski definition) is 6. The van der Waals surface area contributed by atoms with Gasteiger partial charge in [0, 0.05) is 19.3 Å². The molecule has 352 valence electrons. The molecule has 0 aliphatic heterocycles. The Bertz CT molecular complexity index is 1180. The molecule has 0 spiro atoms. The number of rotatable bonds is 44. The first-order valence-electron chi connectivity index (χ1n) is 24.8. The van der Waals surface area contributed by atoms with Gasteiger partial charge in [0.2, 0.25) is 0 Å². The third-order valence-corrected chi connectivity index (χ3v) is 10.9. The standard InChI is InChI=1S/C53H93NO7/c1-6-8-10-12-14-16-18-20-22-24-26-28-30-32-34-36-38-40-42-44-52(56)61-49(47-59-46-45-50(53(57)58)54(3,4)5)48-60-51(55)43-41-39-37-35-33-31-29-27-25-23-21-19-17-15-13-11-9-7-2/h8,10,14,16,20,22,26-29,49-50H,6-7,9,11-13,15,17-19,21,23-25,30-48H2,1-5H3/p+1/b10-8+,16-14+,22-20+,28-26+,29-27+. The fourth-order valence-electron chi connectivity index (χ4n) is 7.08. The second kappa shape index (κ2) is 43.7. The number of allylic oxidation sites excluding steroid dienone is 10. The molecule has 0 fully saturated rings. The van der Waals surface area contributed by atoms with Crippen LogP contribution in [0.15, 0.2) is 60.8 Å². The average Bonchev–Trinajstić information content (AvgIpc) is 3.22. The van der Waals surface area contributed by atoms with E-state index < -0.39 is 18.1 Å². The molecule has 0 aromatic rings. The second-order valence-corrected chi connectivity index (χ2v) is 17.7. The summed E-state index contributed by atoms with van der Waals surface area (Å²) in [6.45, 7) is 4.61. The maximum atomic E-state index is 12.8. The molecule has 0 heterocycles. The summed E-state index contributed by atoms with van der Waals surface area (Å²) >= 11 is 0. The van der Waals surface area contributed by atoms with E-state index >= 15 is 0 Å². The van der Waals surface area contributed by atoms with Gasteiger partial charge < -0.3 is 23.8 Å². The number of carboxylic acids is 1. The van der Waals surface area contributed by atoms with E-state index in [2.05, 4.69) is 74.6 Å². The summed E-state index contributed by atoms with van der Waals surface area (Å²) in [6, 6.07) is -0.621. The van der Waals surface area contributed by atoms with Crippen molar-refractivity contribution in [3.8, 4) is 0 Å². The van der Waals surface area contributed by atoms with Crippen molar-refractivity contribution in [3.63, 3.8) is 0 Å². The molecular weight excluding hydrogens is 763 g/mol. The van der Waals surface area contributed by atoms with Gasteiger partial charge in [-0.25, -0.2) is 4.79 Å². The summed E-state index contributed by atoms with van der Waals surface area (Å²) in [5.74, 6) is -1.49. The van der Waals surface area contributed by atoms with Gasteiger partial charge in [-0.1, -0.05) is 171 Å². The second-order valence-electron chi connectivity index (χ2n) is 17.7. The van der Waals surface area contributed by atoms with Crippen molar-refractivity contribution in [2.45, 2.75) is 219 Å². The van der Waals surface area contributed by atoms with Crippen LogP contribution in [0.25, 0.3) is 0 Å². The Morgan fingerprint density at radius 1 is 0.508 bits per heavy atom. The molecule has 0 aromatic carbocycles. The smallest absolute Gasteiger partial charge is 0.362 e. The van der Waals surface area contributed by atoms with Gasteiger partial charge in [-0.2, -0.15) is 0 Å². The topological polar surface area (TPSA) is 99.1 Å². The molecule has 0 bridgehead atoms. The Kier molecular flexibility index (Phi) is 41.5. The van der Waals surface area contributed by atoms with E-state index in [1.54, 1.807) is 0 Å². The molecule has 0 saturated heterocycles. The van der Waals surface area contributed by atoms with Gasteiger partial charge in [0.25, 0.3) is 0 Å². The number of nitrogens with zero attached hydrogens (tertiary/aromatic N) is 1. The van der Waals surface area contributed by atoms with Gasteiger partial charge in [-0.05, 0) is 77.0 Å². The van der Waals surface area contributed by atoms with Crippen LogP contribution in [0.4, 0.5) is 0 Å². The molecule has 2 unspecified atom stereocenters. The highest BCUT2D eigenvalue weighted by molar-refractivity contribution is 5.72. The van der Waals surface area contributed by atoms with Crippen LogP contribution in [0.3, 0.4) is 0 Å². The molecule has 0 rings (SSSR count). The first kappa shape index (κ1) is 58.0. The highest BCUT2D eigenvalue weighted by Gasteiger charge is 2.31. The minimum Gasteiger partial charge on any atom is -0.477 e. The number of unbranched alkanes of at least 4 members (excludes halogenated alkanes) is 20. The number of likely N-dealkylation sites (N-methyl/N-ethyl adjacent to an activating group) is 1. The Morgan fingerprint density at radius 3 is 1.38 bits per heavy atom. The first-order chi connectivity index (χ1) is 29.6. The van der Waals surface area contributed by atoms with Crippen LogP contribution in [0.1, 0.15) is 206 Å². The van der Waals surface area contributed by atoms with Crippen LogP contribution in [0.2, 0.25) is 0 Å². The zero-order valence-electron chi connectivity index (χ0n) is 40.1. The van der Waals surface area contributed by atoms with E-state index in [1.807, 2.05) is 21.1 Å². The summed E-state index contributed by atoms with van der Waals surface area (Å²) in [5.41, 5.74) is 0. The zero-order valence-corrected chi connectivity index (χ0v) is 40.1. The zero-order chi connectivity index (χ0) is 44.9. The van der Waals surface area contributed by atoms with E-state index in [-0.39, 0.29) is 36.2 Å². The summed E-state index contributed by atoms with van der Waals surface area (Å²) in [7, 11) is 5.52. The lowest BCUT2D eigenvalue weighted by Crippen LogP contribution is -2.50. The average molecular weight is 857 g/mol. The van der Waals surface area contributed by atoms with E-state index in [0.29, 0.717) is 19.3 Å². The van der Waals surface area contributed by atoms with E-state index in [1.165, 1.54) is 83.5 Å². The van der Waals surface area contributed by atoms with Gasteiger partial charge in [0.1, 0.15) is 6.61 Å². The number of hydrogen-bond donors (Lipinski definition) is 1. The van der Waals surface area contributed by atoms with E-state index in [4.69, 9.17) is 14.2 Å². The molecule has 0 aromatic heterocycles. The van der Waals surface area contributed by atoms with Crippen molar-refractivity contribution in [1.82, 2.24) is 0 Å². The maximum absolute atomic E-state index is 12.8. The first-order valence-corrected chi connectivity index (χ1v) is 24.8. The van der Waals surface area contributed by atoms with Crippen LogP contribution >= 0.6 is 0 Å². The summed E-state index contributed by atoms with van der Waals surface area (Å²) in [4.78, 5) is 37.1. The fourth-order valence-corrected chi connectivity index (χ4v) is 7.08. The molecule has 0 saturated carbocycles. The van der Waals surface area contributed by atoms with Gasteiger partial charge in [-0.15, -0.1) is 0 Å². The predicted molar refractivity (Wildman–Crippen MR) is 257 cm³/mol. The monoisotopic (exact) mass is 857 g/mol. The normalized spacial score (nSPS) is 13.4. The van der Waals surface area contributed by atoms with Crippen molar-refractivity contribution in [2.75, 3.05) is 41.0 Å². The van der Waals surface area contributed by atoms with Crippen molar-refractivity contribution >= 4 is 17.9 Å². The Morgan fingerprint density at radius 2 is 0.918 bits per heavy atom. The van der Waals surface area contributed by atoms with Crippen LogP contribution in [0.5, 0.6) is 0 Å². The van der Waals surface area contributed by atoms with Crippen molar-refractivity contribution in [2.24, 2.45) is 0 Å². The minimum absolute atomic E-state index is 0.0510. The van der Waals surface area contributed by atoms with Gasteiger partial charge in [-0.3, -0.25) is 9.59 Å². The third kappa shape index (κ3) is 42.1. The maximum Gasteiger partial charge on any atom is 0.362 e. The van der Waals surface area contributed by atoms with Crippen molar-refractivity contribution in [3.05, 3.63) is 60.8 Å². The lowest BCUT2D eigenvalue weighted by atomic mass is 10.1. The number of quaternary nitrogens is 1. The highest BCUT2D eigenvalue weighted by Crippen LogP contribution is 2.14. The lowest BCUT2D eigenvalue weighted by molar-refractivity contribution is -0.887. The minimum atomic E-state index is -0.879. The van der Waals surface area contributed by atoms with Crippen LogP contribution in [-0.2, 0) is 28.6 Å². The Labute approximate surface area is 375 Å². The molecule has 8 heteroatoms. The number of ether oxygens (including phenoxy) is 3. The quantitative estimate of drug-likeness (QED) is 0.0282. The largest absolute Gasteiger partial charge is 0.477 e. The lowest BCUT2D eigenvalue weighted by Gasteiger charge is -2.31. The van der Waals surface area contributed by atoms with Gasteiger partial charge >= 0.3 is 17.9 Å². The Balaban J connectivity index is 4.32. The molecule has 8 nitrogen and oxygen atoms in total. The summed E-state index contributed by atoms with van der Waals surface area (Å²) in [5, 5.41) is 9.65. The SMILES string of the molecule is CC/C=C/C/C=C/C/C=C/C/C=C/CCCCCCCCC(=O)OC(COCCC(C(=O)O)[N+](C)(C)C)COC(=O)CCCCCCC/C=C/CCCCCCCCCCC. The molecule has 1 N–H and O–H groups in total. The van der Waals surface area contributed by atoms with Crippen LogP contribution < -0.4 is 0 Å². The number of carbonyl (C=O) groups excluding carboxylic acids is 2. The molecular formula is C53H94NO7+. The number of aliphatic carboxylic acids is 1. The molecule has 61 heavy (non-hydrogen) atoms. The van der Waals surface area contributed by atoms with E-state index in [9.17, 15) is 19.5 Å². The number of carbonyl (C=O) groups is 3. The van der Waals surface area contributed by atoms with E-state index in [0.717, 1.165) is 89.9 Å². The molecule has 0 amide bonds. The summed E-state index contributed by atoms with van der Waals surface area (Å²) in [6.07, 6.45) is 54.1. The third-order valence-electron chi connectivity index (χ3n) is 10.9. The van der Waals surface area contributed by atoms with Crippen LogP contribution in [0, 0.1) is 0 Å². The summed E-state index contributed by atoms with van der Waals surface area (Å²) < 4.78 is 17.3. The number of carboxylic acid groups (broad SMARTS) is 1.